The molecule has 112 valence electrons. The van der Waals surface area contributed by atoms with Gasteiger partial charge in [-0.15, -0.1) is 0 Å². The Labute approximate surface area is 120 Å². The number of rotatable bonds is 8. The molecule has 0 amide bonds. The number of benzene rings is 1. The van der Waals surface area contributed by atoms with Crippen LogP contribution >= 0.6 is 0 Å². The fourth-order valence-corrected chi connectivity index (χ4v) is 2.42. The normalized spacial score (nSPS) is 17.8. The summed E-state index contributed by atoms with van der Waals surface area (Å²) in [5.41, 5.74) is 0.801. The number of nitrogens with one attached hydrogen (secondary N) is 1. The lowest BCUT2D eigenvalue weighted by Crippen LogP contribution is -2.49. The molecule has 0 heterocycles. The van der Waals surface area contributed by atoms with Crippen molar-refractivity contribution >= 4 is 5.69 Å². The number of halogens is 1. The molecule has 1 saturated carbocycles. The quantitative estimate of drug-likeness (QED) is 0.768. The predicted molar refractivity (Wildman–Crippen MR) is 80.6 cm³/mol. The smallest absolute Gasteiger partial charge is 0.123 e. The van der Waals surface area contributed by atoms with Crippen LogP contribution in [0.2, 0.25) is 0 Å². The molecule has 0 radical (unpaired) electrons. The maximum absolute atomic E-state index is 13.0. The van der Waals surface area contributed by atoms with Gasteiger partial charge >= 0.3 is 0 Å². The summed E-state index contributed by atoms with van der Waals surface area (Å²) in [6.07, 6.45) is 3.29. The Bertz CT molecular complexity index is 419. The molecule has 1 aliphatic carbocycles. The van der Waals surface area contributed by atoms with Crippen molar-refractivity contribution in [1.82, 2.24) is 5.32 Å². The van der Waals surface area contributed by atoms with E-state index in [4.69, 9.17) is 0 Å². The van der Waals surface area contributed by atoms with Crippen LogP contribution in [0.1, 0.15) is 33.1 Å². The number of anilines is 1. The second kappa shape index (κ2) is 6.55. The first-order valence-corrected chi connectivity index (χ1v) is 7.45. The van der Waals surface area contributed by atoms with Gasteiger partial charge in [-0.05, 0) is 57.4 Å². The van der Waals surface area contributed by atoms with Gasteiger partial charge in [0.1, 0.15) is 5.82 Å². The van der Waals surface area contributed by atoms with Gasteiger partial charge in [0.25, 0.3) is 0 Å². The largest absolute Gasteiger partial charge is 0.394 e. The molecule has 4 heteroatoms. The summed E-state index contributed by atoms with van der Waals surface area (Å²) < 4.78 is 13.0. The van der Waals surface area contributed by atoms with Gasteiger partial charge in [-0.2, -0.15) is 0 Å². The molecule has 0 saturated heterocycles. The first-order chi connectivity index (χ1) is 9.56. The maximum Gasteiger partial charge on any atom is 0.123 e. The van der Waals surface area contributed by atoms with Crippen molar-refractivity contribution in [3.63, 3.8) is 0 Å². The highest BCUT2D eigenvalue weighted by molar-refractivity contribution is 5.46. The van der Waals surface area contributed by atoms with Gasteiger partial charge in [0.15, 0.2) is 0 Å². The Morgan fingerprint density at radius 1 is 1.35 bits per heavy atom. The summed E-state index contributed by atoms with van der Waals surface area (Å²) >= 11 is 0. The molecule has 2 rings (SSSR count). The minimum atomic E-state index is -0.228. The minimum Gasteiger partial charge on any atom is -0.394 e. The Morgan fingerprint density at radius 2 is 2.00 bits per heavy atom. The van der Waals surface area contributed by atoms with Crippen molar-refractivity contribution < 1.29 is 9.50 Å². The number of hydrogen-bond donors (Lipinski definition) is 2. The van der Waals surface area contributed by atoms with E-state index in [2.05, 4.69) is 24.1 Å². The first-order valence-electron chi connectivity index (χ1n) is 7.45. The molecule has 1 aliphatic rings. The molecule has 1 atom stereocenters. The standard InChI is InChI=1S/C16H25FN2O/c1-3-19(15-8-4-13(17)5-9-15)11-10-16(2,12-20)18-14-6-7-14/h4-5,8-9,14,18,20H,3,6-7,10-12H2,1-2H3. The van der Waals surface area contributed by atoms with Crippen molar-refractivity contribution in [2.45, 2.75) is 44.7 Å². The van der Waals surface area contributed by atoms with E-state index in [0.717, 1.165) is 25.2 Å². The Kier molecular flexibility index (Phi) is 5.00. The number of aliphatic hydroxyl groups excluding tert-OH is 1. The van der Waals surface area contributed by atoms with Gasteiger partial charge in [-0.3, -0.25) is 0 Å². The summed E-state index contributed by atoms with van der Waals surface area (Å²) in [7, 11) is 0. The van der Waals surface area contributed by atoms with Crippen molar-refractivity contribution in [2.75, 3.05) is 24.6 Å². The van der Waals surface area contributed by atoms with Crippen LogP contribution < -0.4 is 10.2 Å². The van der Waals surface area contributed by atoms with E-state index in [1.165, 1.54) is 25.0 Å². The monoisotopic (exact) mass is 280 g/mol. The van der Waals surface area contributed by atoms with E-state index in [1.54, 1.807) is 0 Å². The van der Waals surface area contributed by atoms with Gasteiger partial charge in [0, 0.05) is 30.4 Å². The second-order valence-electron chi connectivity index (χ2n) is 5.94. The zero-order valence-electron chi connectivity index (χ0n) is 12.4. The highest BCUT2D eigenvalue weighted by atomic mass is 19.1. The zero-order valence-corrected chi connectivity index (χ0v) is 12.4. The highest BCUT2D eigenvalue weighted by Crippen LogP contribution is 2.24. The molecule has 3 nitrogen and oxygen atoms in total. The maximum atomic E-state index is 13.0. The number of nitrogens with zero attached hydrogens (tertiary/aromatic N) is 1. The van der Waals surface area contributed by atoms with Crippen LogP contribution in [-0.2, 0) is 0 Å². The van der Waals surface area contributed by atoms with Gasteiger partial charge in [0.05, 0.1) is 6.61 Å². The van der Waals surface area contributed by atoms with E-state index >= 15 is 0 Å². The van der Waals surface area contributed by atoms with E-state index in [1.807, 2.05) is 12.1 Å². The third kappa shape index (κ3) is 4.18. The molecule has 20 heavy (non-hydrogen) atoms. The molecule has 1 unspecified atom stereocenters. The summed E-state index contributed by atoms with van der Waals surface area (Å²) in [4.78, 5) is 2.21. The van der Waals surface area contributed by atoms with Crippen LogP contribution in [0.25, 0.3) is 0 Å². The van der Waals surface area contributed by atoms with Crippen molar-refractivity contribution in [3.8, 4) is 0 Å². The fraction of sp³-hybridized carbons (Fsp3) is 0.625. The molecule has 0 aromatic heterocycles. The highest BCUT2D eigenvalue weighted by Gasteiger charge is 2.32. The van der Waals surface area contributed by atoms with Crippen LogP contribution in [0, 0.1) is 5.82 Å². The lowest BCUT2D eigenvalue weighted by atomic mass is 9.98. The van der Waals surface area contributed by atoms with Crippen molar-refractivity contribution in [2.24, 2.45) is 0 Å². The average molecular weight is 280 g/mol. The third-order valence-corrected chi connectivity index (χ3v) is 3.99. The van der Waals surface area contributed by atoms with Crippen LogP contribution in [0.5, 0.6) is 0 Å². The lowest BCUT2D eigenvalue weighted by molar-refractivity contribution is 0.165. The van der Waals surface area contributed by atoms with Gasteiger partial charge in [-0.25, -0.2) is 4.39 Å². The van der Waals surface area contributed by atoms with Crippen LogP contribution in [0.3, 0.4) is 0 Å². The minimum absolute atomic E-state index is 0.143. The molecule has 2 N–H and O–H groups in total. The Morgan fingerprint density at radius 3 is 2.50 bits per heavy atom. The van der Waals surface area contributed by atoms with E-state index < -0.39 is 0 Å². The van der Waals surface area contributed by atoms with Gasteiger partial charge in [-0.1, -0.05) is 0 Å². The molecule has 1 aromatic rings. The molecule has 0 aliphatic heterocycles. The van der Waals surface area contributed by atoms with E-state index in [-0.39, 0.29) is 18.0 Å². The van der Waals surface area contributed by atoms with Crippen molar-refractivity contribution in [3.05, 3.63) is 30.1 Å². The van der Waals surface area contributed by atoms with Gasteiger partial charge in [0.2, 0.25) is 0 Å². The topological polar surface area (TPSA) is 35.5 Å². The van der Waals surface area contributed by atoms with Crippen molar-refractivity contribution in [1.29, 1.82) is 0 Å². The van der Waals surface area contributed by atoms with Crippen LogP contribution in [0.4, 0.5) is 10.1 Å². The molecular formula is C16H25FN2O. The number of aliphatic hydroxyl groups is 1. The molecule has 1 fully saturated rings. The zero-order chi connectivity index (χ0) is 14.6. The van der Waals surface area contributed by atoms with Crippen LogP contribution in [-0.4, -0.2) is 36.4 Å². The SMILES string of the molecule is CCN(CCC(C)(CO)NC1CC1)c1ccc(F)cc1. The predicted octanol–water partition coefficient (Wildman–Crippen LogP) is 2.55. The Balaban J connectivity index is 1.93. The van der Waals surface area contributed by atoms with Gasteiger partial charge < -0.3 is 15.3 Å². The van der Waals surface area contributed by atoms with E-state index in [0.29, 0.717) is 6.04 Å². The molecular weight excluding hydrogens is 255 g/mol. The van der Waals surface area contributed by atoms with E-state index in [9.17, 15) is 9.50 Å². The molecule has 1 aromatic carbocycles. The average Bonchev–Trinajstić information content (AvgIpc) is 3.25. The second-order valence-corrected chi connectivity index (χ2v) is 5.94. The molecule has 0 spiro atoms. The van der Waals surface area contributed by atoms with Crippen LogP contribution in [0.15, 0.2) is 24.3 Å². The molecule has 0 bridgehead atoms. The summed E-state index contributed by atoms with van der Waals surface area (Å²) in [5, 5.41) is 13.1. The summed E-state index contributed by atoms with van der Waals surface area (Å²) in [6, 6.07) is 7.18. The summed E-state index contributed by atoms with van der Waals surface area (Å²) in [6.45, 7) is 6.03. The number of hydrogen-bond acceptors (Lipinski definition) is 3. The summed E-state index contributed by atoms with van der Waals surface area (Å²) in [5.74, 6) is -0.208. The fourth-order valence-electron chi connectivity index (χ4n) is 2.42. The first kappa shape index (κ1) is 15.3. The third-order valence-electron chi connectivity index (χ3n) is 3.99. The lowest BCUT2D eigenvalue weighted by Gasteiger charge is -2.33. The Hall–Kier alpha value is -1.13.